The van der Waals surface area contributed by atoms with E-state index >= 15 is 0 Å². The van der Waals surface area contributed by atoms with Crippen molar-refractivity contribution in [3.8, 4) is 5.69 Å². The molecule has 0 radical (unpaired) electrons. The Labute approximate surface area is 226 Å². The Kier molecular flexibility index (Phi) is 6.98. The number of piperidine rings is 1. The highest BCUT2D eigenvalue weighted by molar-refractivity contribution is 9.10. The molecule has 6 nitrogen and oxygen atoms in total. The fourth-order valence-electron chi connectivity index (χ4n) is 5.74. The van der Waals surface area contributed by atoms with Gasteiger partial charge in [0.1, 0.15) is 5.82 Å². The lowest BCUT2D eigenvalue weighted by molar-refractivity contribution is -0.137. The number of carbonyl (C=O) groups excluding carboxylic acids is 1. The number of likely N-dealkylation sites (tertiary alicyclic amines) is 1. The van der Waals surface area contributed by atoms with Gasteiger partial charge in [0.2, 0.25) is 5.91 Å². The Bertz CT molecular complexity index is 1360. The van der Waals surface area contributed by atoms with Gasteiger partial charge in [-0.2, -0.15) is 0 Å². The summed E-state index contributed by atoms with van der Waals surface area (Å²) in [6, 6.07) is 27.2. The van der Waals surface area contributed by atoms with Crippen LogP contribution in [0.1, 0.15) is 18.7 Å². The van der Waals surface area contributed by atoms with Gasteiger partial charge in [0.05, 0.1) is 23.5 Å². The first-order valence-electron chi connectivity index (χ1n) is 13.2. The number of halogens is 1. The van der Waals surface area contributed by atoms with Gasteiger partial charge in [0.15, 0.2) is 0 Å². The molecular weight excluding hydrogens is 526 g/mol. The van der Waals surface area contributed by atoms with E-state index in [-0.39, 0.29) is 5.92 Å². The van der Waals surface area contributed by atoms with Crippen LogP contribution >= 0.6 is 15.9 Å². The van der Waals surface area contributed by atoms with Crippen LogP contribution in [0.2, 0.25) is 0 Å². The highest BCUT2D eigenvalue weighted by Crippen LogP contribution is 2.27. The lowest BCUT2D eigenvalue weighted by Crippen LogP contribution is -2.52. The first-order chi connectivity index (χ1) is 18.2. The van der Waals surface area contributed by atoms with Crippen LogP contribution in [0.25, 0.3) is 16.7 Å². The lowest BCUT2D eigenvalue weighted by atomic mass is 9.96. The monoisotopic (exact) mass is 557 g/mol. The number of anilines is 1. The zero-order valence-electron chi connectivity index (χ0n) is 21.0. The first-order valence-corrected chi connectivity index (χ1v) is 14.0. The minimum Gasteiger partial charge on any atom is -0.368 e. The van der Waals surface area contributed by atoms with Gasteiger partial charge in [-0.15, -0.1) is 0 Å². The largest absolute Gasteiger partial charge is 0.368 e. The van der Waals surface area contributed by atoms with Crippen LogP contribution in [0.4, 0.5) is 5.69 Å². The summed E-state index contributed by atoms with van der Waals surface area (Å²) in [7, 11) is 0. The molecule has 3 aromatic carbocycles. The minimum atomic E-state index is 0.0579. The number of para-hydroxylation sites is 3. The van der Waals surface area contributed by atoms with E-state index in [1.807, 2.05) is 12.1 Å². The van der Waals surface area contributed by atoms with Gasteiger partial charge in [0.25, 0.3) is 0 Å². The number of imidazole rings is 1. The molecule has 0 bridgehead atoms. The summed E-state index contributed by atoms with van der Waals surface area (Å²) in [5, 5.41) is 0. The number of fused-ring (bicyclic) bond motifs is 1. The molecule has 6 rings (SSSR count). The van der Waals surface area contributed by atoms with Crippen LogP contribution < -0.4 is 4.90 Å². The van der Waals surface area contributed by atoms with Crippen molar-refractivity contribution in [1.82, 2.24) is 19.4 Å². The first kappa shape index (κ1) is 24.2. The molecule has 0 aliphatic carbocycles. The summed E-state index contributed by atoms with van der Waals surface area (Å²) < 4.78 is 3.32. The van der Waals surface area contributed by atoms with Gasteiger partial charge in [-0.25, -0.2) is 4.98 Å². The van der Waals surface area contributed by atoms with Crippen LogP contribution in [-0.4, -0.2) is 64.5 Å². The van der Waals surface area contributed by atoms with Crippen molar-refractivity contribution in [2.45, 2.75) is 19.4 Å². The predicted octanol–water partition coefficient (Wildman–Crippen LogP) is 5.35. The van der Waals surface area contributed by atoms with Gasteiger partial charge in [0, 0.05) is 48.6 Å². The van der Waals surface area contributed by atoms with E-state index in [1.54, 1.807) is 0 Å². The number of aromatic nitrogens is 2. The molecule has 2 fully saturated rings. The number of amides is 1. The number of carbonyl (C=O) groups is 1. The van der Waals surface area contributed by atoms with Crippen LogP contribution in [0.5, 0.6) is 0 Å². The van der Waals surface area contributed by atoms with Crippen molar-refractivity contribution in [2.75, 3.05) is 44.2 Å². The second-order valence-electron chi connectivity index (χ2n) is 10.1. The molecule has 2 saturated heterocycles. The Morgan fingerprint density at radius 2 is 1.57 bits per heavy atom. The van der Waals surface area contributed by atoms with Crippen molar-refractivity contribution in [2.24, 2.45) is 5.92 Å². The maximum absolute atomic E-state index is 13.5. The number of hydrogen-bond donors (Lipinski definition) is 0. The quantitative estimate of drug-likeness (QED) is 0.332. The molecule has 7 heteroatoms. The fourth-order valence-corrected chi connectivity index (χ4v) is 6.01. The fraction of sp³-hybridized carbons (Fsp3) is 0.333. The summed E-state index contributed by atoms with van der Waals surface area (Å²) in [5.74, 6) is 1.40. The average Bonchev–Trinajstić information content (AvgIpc) is 3.31. The van der Waals surface area contributed by atoms with Gasteiger partial charge in [-0.1, -0.05) is 46.3 Å². The van der Waals surface area contributed by atoms with Gasteiger partial charge in [-0.05, 0) is 67.9 Å². The predicted molar refractivity (Wildman–Crippen MR) is 152 cm³/mol. The molecule has 0 spiro atoms. The molecule has 3 heterocycles. The van der Waals surface area contributed by atoms with Gasteiger partial charge < -0.3 is 9.80 Å². The Balaban J connectivity index is 1.15. The standard InChI is InChI=1S/C30H32BrN5O/c31-24-12-14-26(15-13-24)36-28-11-5-4-10-27(28)32-29(36)22-33-16-6-7-23(21-33)30(37)35-19-17-34(18-20-35)25-8-2-1-3-9-25/h1-5,8-15,23H,6-7,16-22H2/t23-/m0/s1. The Hall–Kier alpha value is -3.16. The SMILES string of the molecule is O=C([C@H]1CCCN(Cc2nc3ccccc3n2-c2ccc(Br)cc2)C1)N1CCN(c2ccccc2)CC1. The van der Waals surface area contributed by atoms with Crippen LogP contribution in [0.3, 0.4) is 0 Å². The summed E-state index contributed by atoms with van der Waals surface area (Å²) in [6.45, 7) is 5.90. The van der Waals surface area contributed by atoms with Crippen molar-refractivity contribution in [3.63, 3.8) is 0 Å². The van der Waals surface area contributed by atoms with Crippen LogP contribution in [-0.2, 0) is 11.3 Å². The van der Waals surface area contributed by atoms with Crippen LogP contribution in [0.15, 0.2) is 83.3 Å². The summed E-state index contributed by atoms with van der Waals surface area (Å²) in [6.07, 6.45) is 2.01. The van der Waals surface area contributed by atoms with E-state index in [9.17, 15) is 4.79 Å². The normalized spacial score (nSPS) is 18.9. The number of hydrogen-bond acceptors (Lipinski definition) is 4. The smallest absolute Gasteiger partial charge is 0.227 e. The molecule has 1 atom stereocenters. The van der Waals surface area contributed by atoms with E-state index < -0.39 is 0 Å². The number of rotatable bonds is 5. The summed E-state index contributed by atoms with van der Waals surface area (Å²) in [4.78, 5) is 25.4. The highest BCUT2D eigenvalue weighted by atomic mass is 79.9. The molecule has 2 aliphatic heterocycles. The topological polar surface area (TPSA) is 44.6 Å². The molecule has 2 aliphatic rings. The molecule has 0 unspecified atom stereocenters. The molecule has 4 aromatic rings. The maximum atomic E-state index is 13.5. The Morgan fingerprint density at radius 1 is 0.838 bits per heavy atom. The average molecular weight is 559 g/mol. The lowest BCUT2D eigenvalue weighted by Gasteiger charge is -2.39. The molecule has 1 aromatic heterocycles. The molecule has 0 N–H and O–H groups in total. The third kappa shape index (κ3) is 5.15. The van der Waals surface area contributed by atoms with E-state index in [2.05, 4.69) is 102 Å². The van der Waals surface area contributed by atoms with Crippen molar-refractivity contribution in [1.29, 1.82) is 0 Å². The van der Waals surface area contributed by atoms with Crippen molar-refractivity contribution in [3.05, 3.63) is 89.2 Å². The van der Waals surface area contributed by atoms with Gasteiger partial charge in [-0.3, -0.25) is 14.3 Å². The maximum Gasteiger partial charge on any atom is 0.227 e. The number of nitrogens with zero attached hydrogens (tertiary/aromatic N) is 5. The molecular formula is C30H32BrN5O. The molecule has 37 heavy (non-hydrogen) atoms. The number of benzene rings is 3. The second kappa shape index (κ2) is 10.7. The molecule has 1 amide bonds. The molecule has 190 valence electrons. The van der Waals surface area contributed by atoms with Crippen LogP contribution in [0, 0.1) is 5.92 Å². The minimum absolute atomic E-state index is 0.0579. The van der Waals surface area contributed by atoms with E-state index in [4.69, 9.17) is 4.98 Å². The second-order valence-corrected chi connectivity index (χ2v) is 11.0. The van der Waals surface area contributed by atoms with Crippen molar-refractivity contribution < 1.29 is 4.79 Å². The van der Waals surface area contributed by atoms with E-state index in [0.29, 0.717) is 5.91 Å². The zero-order valence-corrected chi connectivity index (χ0v) is 22.6. The van der Waals surface area contributed by atoms with E-state index in [0.717, 1.165) is 85.7 Å². The van der Waals surface area contributed by atoms with Crippen molar-refractivity contribution >= 4 is 38.6 Å². The summed E-state index contributed by atoms with van der Waals surface area (Å²) >= 11 is 3.55. The molecule has 0 saturated carbocycles. The zero-order chi connectivity index (χ0) is 25.2. The summed E-state index contributed by atoms with van der Waals surface area (Å²) in [5.41, 5.74) is 4.46. The highest BCUT2D eigenvalue weighted by Gasteiger charge is 2.31. The third-order valence-electron chi connectivity index (χ3n) is 7.65. The third-order valence-corrected chi connectivity index (χ3v) is 8.18. The van der Waals surface area contributed by atoms with Gasteiger partial charge >= 0.3 is 0 Å². The Morgan fingerprint density at radius 3 is 2.35 bits per heavy atom. The number of piperazine rings is 1. The van der Waals surface area contributed by atoms with E-state index in [1.165, 1.54) is 5.69 Å².